The van der Waals surface area contributed by atoms with Crippen molar-refractivity contribution in [2.24, 2.45) is 5.92 Å². The van der Waals surface area contributed by atoms with Crippen molar-refractivity contribution in [2.75, 3.05) is 13.6 Å². The molecule has 0 aliphatic carbocycles. The van der Waals surface area contributed by atoms with Crippen molar-refractivity contribution >= 4 is 0 Å². The number of nitrogens with zero attached hydrogens (tertiary/aromatic N) is 1. The summed E-state index contributed by atoms with van der Waals surface area (Å²) < 4.78 is 0. The Morgan fingerprint density at radius 1 is 1.00 bits per heavy atom. The second-order valence-corrected chi connectivity index (χ2v) is 5.79. The molecule has 0 saturated carbocycles. The first kappa shape index (κ1) is 16.3. The van der Waals surface area contributed by atoms with Gasteiger partial charge in [-0.1, -0.05) is 74.0 Å². The van der Waals surface area contributed by atoms with Gasteiger partial charge in [-0.15, -0.1) is 0 Å². The van der Waals surface area contributed by atoms with Crippen LogP contribution >= 0.6 is 0 Å². The van der Waals surface area contributed by atoms with Crippen LogP contribution in [0.15, 0.2) is 60.7 Å². The van der Waals surface area contributed by atoms with Crippen LogP contribution in [-0.4, -0.2) is 13.6 Å². The summed E-state index contributed by atoms with van der Waals surface area (Å²) in [6, 6.07) is 23.0. The Labute approximate surface area is 133 Å². The predicted molar refractivity (Wildman–Crippen MR) is 91.6 cm³/mol. The minimum atomic E-state index is -0.583. The average Bonchev–Trinajstić information content (AvgIpc) is 2.60. The van der Waals surface area contributed by atoms with Gasteiger partial charge in [0, 0.05) is 0 Å². The number of hydrogen-bond donors (Lipinski definition) is 1. The number of benzene rings is 2. The van der Waals surface area contributed by atoms with Gasteiger partial charge >= 0.3 is 0 Å². The Balaban J connectivity index is 2.51. The molecule has 1 N–H and O–H groups in total. The van der Waals surface area contributed by atoms with Gasteiger partial charge in [0.25, 0.3) is 0 Å². The van der Waals surface area contributed by atoms with Crippen LogP contribution in [0, 0.1) is 17.2 Å². The van der Waals surface area contributed by atoms with E-state index in [-0.39, 0.29) is 0 Å². The third-order valence-electron chi connectivity index (χ3n) is 4.39. The molecular weight excluding hydrogens is 268 g/mol. The predicted octanol–water partition coefficient (Wildman–Crippen LogP) is 4.13. The van der Waals surface area contributed by atoms with Crippen molar-refractivity contribution in [2.45, 2.75) is 25.2 Å². The van der Waals surface area contributed by atoms with Crippen LogP contribution in [0.2, 0.25) is 0 Å². The molecule has 0 spiro atoms. The molecule has 0 saturated heterocycles. The fourth-order valence-corrected chi connectivity index (χ4v) is 3.10. The molecule has 114 valence electrons. The molecule has 1 unspecified atom stereocenters. The second-order valence-electron chi connectivity index (χ2n) is 5.79. The van der Waals surface area contributed by atoms with Crippen molar-refractivity contribution in [1.29, 1.82) is 5.26 Å². The van der Waals surface area contributed by atoms with Crippen LogP contribution < -0.4 is 5.32 Å². The Morgan fingerprint density at radius 2 is 1.50 bits per heavy atom. The molecule has 2 aromatic carbocycles. The molecule has 2 rings (SSSR count). The van der Waals surface area contributed by atoms with Crippen LogP contribution in [0.25, 0.3) is 0 Å². The molecule has 0 fully saturated rings. The molecular formula is C20H24N2. The average molecular weight is 292 g/mol. The summed E-state index contributed by atoms with van der Waals surface area (Å²) in [4.78, 5) is 0. The van der Waals surface area contributed by atoms with Gasteiger partial charge < -0.3 is 5.32 Å². The van der Waals surface area contributed by atoms with Gasteiger partial charge in [0.15, 0.2) is 0 Å². The first-order valence-corrected chi connectivity index (χ1v) is 7.93. The number of nitrogens with one attached hydrogen (secondary N) is 1. The molecule has 2 nitrogen and oxygen atoms in total. The van der Waals surface area contributed by atoms with E-state index in [0.717, 1.165) is 30.5 Å². The number of nitriles is 1. The van der Waals surface area contributed by atoms with E-state index in [1.807, 2.05) is 43.4 Å². The molecule has 0 aliphatic rings. The molecule has 2 aromatic rings. The van der Waals surface area contributed by atoms with Gasteiger partial charge in [0.1, 0.15) is 5.41 Å². The standard InChI is InChI=1S/C20H24N2/c1-3-17(15-22-2)14-20(16-21,18-10-6-4-7-11-18)19-12-8-5-9-13-19/h4-13,17,22H,3,14-15H2,1-2H3. The topological polar surface area (TPSA) is 35.8 Å². The zero-order valence-corrected chi connectivity index (χ0v) is 13.4. The highest BCUT2D eigenvalue weighted by Gasteiger charge is 2.36. The van der Waals surface area contributed by atoms with Crippen LogP contribution in [0.1, 0.15) is 30.9 Å². The lowest BCUT2D eigenvalue weighted by molar-refractivity contribution is 0.390. The fraction of sp³-hybridized carbons (Fsp3) is 0.350. The lowest BCUT2D eigenvalue weighted by atomic mass is 9.69. The first-order chi connectivity index (χ1) is 10.8. The highest BCUT2D eigenvalue weighted by Crippen LogP contribution is 2.38. The summed E-state index contributed by atoms with van der Waals surface area (Å²) in [5.74, 6) is 0.463. The zero-order chi connectivity index (χ0) is 15.8. The van der Waals surface area contributed by atoms with Crippen molar-refractivity contribution < 1.29 is 0 Å². The maximum absolute atomic E-state index is 10.1. The summed E-state index contributed by atoms with van der Waals surface area (Å²) in [7, 11) is 1.97. The fourth-order valence-electron chi connectivity index (χ4n) is 3.10. The Hall–Kier alpha value is -2.11. The SMILES string of the molecule is CCC(CNC)CC(C#N)(c1ccccc1)c1ccccc1. The van der Waals surface area contributed by atoms with Gasteiger partial charge in [0.05, 0.1) is 6.07 Å². The van der Waals surface area contributed by atoms with Crippen LogP contribution in [-0.2, 0) is 5.41 Å². The molecule has 0 amide bonds. The minimum absolute atomic E-state index is 0.463. The van der Waals surface area contributed by atoms with E-state index in [1.165, 1.54) is 0 Å². The van der Waals surface area contributed by atoms with Gasteiger partial charge in [-0.05, 0) is 37.1 Å². The maximum Gasteiger partial charge on any atom is 0.107 e. The number of rotatable bonds is 7. The molecule has 1 atom stereocenters. The Kier molecular flexibility index (Phi) is 5.75. The molecule has 0 heterocycles. The van der Waals surface area contributed by atoms with E-state index in [2.05, 4.69) is 42.6 Å². The van der Waals surface area contributed by atoms with Crippen LogP contribution in [0.3, 0.4) is 0 Å². The summed E-state index contributed by atoms with van der Waals surface area (Å²) >= 11 is 0. The Morgan fingerprint density at radius 3 is 1.86 bits per heavy atom. The molecule has 0 aromatic heterocycles. The van der Waals surface area contributed by atoms with Crippen molar-refractivity contribution in [3.8, 4) is 6.07 Å². The lowest BCUT2D eigenvalue weighted by Crippen LogP contribution is -2.32. The third kappa shape index (κ3) is 3.37. The lowest BCUT2D eigenvalue weighted by Gasteiger charge is -2.31. The van der Waals surface area contributed by atoms with Gasteiger partial charge in [-0.2, -0.15) is 5.26 Å². The third-order valence-corrected chi connectivity index (χ3v) is 4.39. The van der Waals surface area contributed by atoms with E-state index < -0.39 is 5.41 Å². The highest BCUT2D eigenvalue weighted by molar-refractivity contribution is 5.45. The summed E-state index contributed by atoms with van der Waals surface area (Å²) in [6.07, 6.45) is 1.89. The first-order valence-electron chi connectivity index (χ1n) is 7.93. The van der Waals surface area contributed by atoms with E-state index in [4.69, 9.17) is 0 Å². The van der Waals surface area contributed by atoms with Gasteiger partial charge in [0.2, 0.25) is 0 Å². The summed E-state index contributed by atoms with van der Waals surface area (Å²) in [6.45, 7) is 3.12. The second kappa shape index (κ2) is 7.77. The van der Waals surface area contributed by atoms with Crippen molar-refractivity contribution in [3.63, 3.8) is 0 Å². The van der Waals surface area contributed by atoms with Gasteiger partial charge in [-0.3, -0.25) is 0 Å². The smallest absolute Gasteiger partial charge is 0.107 e. The van der Waals surface area contributed by atoms with E-state index in [0.29, 0.717) is 5.92 Å². The monoisotopic (exact) mass is 292 g/mol. The highest BCUT2D eigenvalue weighted by atomic mass is 14.8. The van der Waals surface area contributed by atoms with Crippen LogP contribution in [0.4, 0.5) is 0 Å². The Bertz CT molecular complexity index is 559. The van der Waals surface area contributed by atoms with Crippen molar-refractivity contribution in [3.05, 3.63) is 71.8 Å². The van der Waals surface area contributed by atoms with E-state index >= 15 is 0 Å². The normalized spacial score (nSPS) is 12.6. The molecule has 22 heavy (non-hydrogen) atoms. The maximum atomic E-state index is 10.1. The van der Waals surface area contributed by atoms with Crippen LogP contribution in [0.5, 0.6) is 0 Å². The van der Waals surface area contributed by atoms with Crippen molar-refractivity contribution in [1.82, 2.24) is 5.32 Å². The zero-order valence-electron chi connectivity index (χ0n) is 13.4. The quantitative estimate of drug-likeness (QED) is 0.833. The van der Waals surface area contributed by atoms with E-state index in [9.17, 15) is 5.26 Å². The summed E-state index contributed by atoms with van der Waals surface area (Å²) in [5, 5.41) is 13.4. The van der Waals surface area contributed by atoms with Gasteiger partial charge in [-0.25, -0.2) is 0 Å². The molecule has 2 heteroatoms. The minimum Gasteiger partial charge on any atom is -0.319 e. The molecule has 0 bridgehead atoms. The van der Waals surface area contributed by atoms with E-state index in [1.54, 1.807) is 0 Å². The largest absolute Gasteiger partial charge is 0.319 e. The molecule has 0 aliphatic heterocycles. The summed E-state index contributed by atoms with van der Waals surface area (Å²) in [5.41, 5.74) is 1.58. The molecule has 0 radical (unpaired) electrons. The number of hydrogen-bond acceptors (Lipinski definition) is 2.